The lowest BCUT2D eigenvalue weighted by molar-refractivity contribution is 0.0947. The van der Waals surface area contributed by atoms with Crippen LogP contribution in [0.15, 0.2) is 44.7 Å². The Bertz CT molecular complexity index is 1070. The van der Waals surface area contributed by atoms with Crippen molar-refractivity contribution in [3.05, 3.63) is 58.0 Å². The lowest BCUT2D eigenvalue weighted by Gasteiger charge is -2.01. The van der Waals surface area contributed by atoms with Crippen molar-refractivity contribution in [1.29, 1.82) is 5.26 Å². The zero-order chi connectivity index (χ0) is 17.9. The molecule has 0 saturated carbocycles. The Balaban J connectivity index is 1.32. The quantitative estimate of drug-likeness (QED) is 0.521. The topological polar surface area (TPSA) is 104 Å². The zero-order valence-electron chi connectivity index (χ0n) is 13.3. The number of carbonyl (C=O) groups excluding carboxylic acids is 1. The fourth-order valence-corrected chi connectivity index (χ4v) is 3.93. The third-order valence-electron chi connectivity index (χ3n) is 3.54. The SMILES string of the molecule is N#Cc1ccc(CNc2nc(C(=O)NCc3cc4occc4s3)cs2)o1. The number of amides is 1. The van der Waals surface area contributed by atoms with Crippen molar-refractivity contribution in [2.75, 3.05) is 5.32 Å². The van der Waals surface area contributed by atoms with E-state index in [1.54, 1.807) is 35.1 Å². The van der Waals surface area contributed by atoms with E-state index < -0.39 is 0 Å². The molecule has 0 spiro atoms. The van der Waals surface area contributed by atoms with Crippen LogP contribution >= 0.6 is 22.7 Å². The molecule has 130 valence electrons. The van der Waals surface area contributed by atoms with Crippen LogP contribution in [0.4, 0.5) is 5.13 Å². The monoisotopic (exact) mass is 384 g/mol. The van der Waals surface area contributed by atoms with Gasteiger partial charge in [-0.1, -0.05) is 0 Å². The van der Waals surface area contributed by atoms with Crippen molar-refractivity contribution in [1.82, 2.24) is 10.3 Å². The van der Waals surface area contributed by atoms with E-state index in [1.165, 1.54) is 11.3 Å². The summed E-state index contributed by atoms with van der Waals surface area (Å²) in [6.45, 7) is 0.821. The highest BCUT2D eigenvalue weighted by Gasteiger charge is 2.12. The third-order valence-corrected chi connectivity index (χ3v) is 5.42. The highest BCUT2D eigenvalue weighted by atomic mass is 32.1. The molecule has 0 bridgehead atoms. The number of rotatable bonds is 6. The van der Waals surface area contributed by atoms with Crippen molar-refractivity contribution >= 4 is 44.0 Å². The van der Waals surface area contributed by atoms with E-state index in [0.29, 0.717) is 29.7 Å². The number of thiophene rings is 1. The maximum atomic E-state index is 12.2. The molecular formula is C17H12N4O3S2. The van der Waals surface area contributed by atoms with Gasteiger partial charge in [0.15, 0.2) is 5.13 Å². The van der Waals surface area contributed by atoms with Crippen molar-refractivity contribution < 1.29 is 13.6 Å². The number of hydrogen-bond acceptors (Lipinski definition) is 8. The summed E-state index contributed by atoms with van der Waals surface area (Å²) in [6, 6.07) is 9.10. The molecule has 0 saturated heterocycles. The summed E-state index contributed by atoms with van der Waals surface area (Å²) in [6.07, 6.45) is 1.65. The number of carbonyl (C=O) groups is 1. The molecule has 26 heavy (non-hydrogen) atoms. The molecule has 0 aliphatic heterocycles. The predicted octanol–water partition coefficient (Wildman–Crippen LogP) is 3.96. The molecular weight excluding hydrogens is 372 g/mol. The van der Waals surface area contributed by atoms with Gasteiger partial charge in [-0.3, -0.25) is 4.79 Å². The van der Waals surface area contributed by atoms with Crippen LogP contribution in [0, 0.1) is 11.3 Å². The number of aromatic nitrogens is 1. The molecule has 0 aliphatic rings. The molecule has 0 atom stereocenters. The Morgan fingerprint density at radius 2 is 2.23 bits per heavy atom. The summed E-state index contributed by atoms with van der Waals surface area (Å²) in [5.74, 6) is 0.662. The molecule has 9 heteroatoms. The first kappa shape index (κ1) is 16.4. The molecule has 0 unspecified atom stereocenters. The third kappa shape index (κ3) is 3.46. The van der Waals surface area contributed by atoms with Gasteiger partial charge in [0.1, 0.15) is 23.1 Å². The summed E-state index contributed by atoms with van der Waals surface area (Å²) in [5, 5.41) is 17.0. The number of nitrogens with one attached hydrogen (secondary N) is 2. The average Bonchev–Trinajstić information content (AvgIpc) is 3.41. The van der Waals surface area contributed by atoms with Crippen molar-refractivity contribution in [3.8, 4) is 6.07 Å². The van der Waals surface area contributed by atoms with Gasteiger partial charge in [0.25, 0.3) is 5.91 Å². The van der Waals surface area contributed by atoms with Gasteiger partial charge in [-0.05, 0) is 24.3 Å². The number of thiazole rings is 1. The van der Waals surface area contributed by atoms with Gasteiger partial charge in [-0.15, -0.1) is 22.7 Å². The Morgan fingerprint density at radius 3 is 3.04 bits per heavy atom. The number of fused-ring (bicyclic) bond motifs is 1. The second-order valence-electron chi connectivity index (χ2n) is 5.31. The molecule has 0 radical (unpaired) electrons. The van der Waals surface area contributed by atoms with Gasteiger partial charge < -0.3 is 19.5 Å². The molecule has 0 aromatic carbocycles. The van der Waals surface area contributed by atoms with E-state index >= 15 is 0 Å². The molecule has 4 aromatic heterocycles. The van der Waals surface area contributed by atoms with Crippen LogP contribution in [0.1, 0.15) is 26.9 Å². The highest BCUT2D eigenvalue weighted by Crippen LogP contribution is 2.26. The summed E-state index contributed by atoms with van der Waals surface area (Å²) >= 11 is 2.92. The second kappa shape index (κ2) is 7.03. The zero-order valence-corrected chi connectivity index (χ0v) is 14.9. The lowest BCUT2D eigenvalue weighted by Crippen LogP contribution is -2.22. The normalized spacial score (nSPS) is 10.7. The van der Waals surface area contributed by atoms with Gasteiger partial charge in [-0.2, -0.15) is 5.26 Å². The van der Waals surface area contributed by atoms with Gasteiger partial charge in [-0.25, -0.2) is 4.98 Å². The molecule has 0 fully saturated rings. The van der Waals surface area contributed by atoms with Gasteiger partial charge >= 0.3 is 0 Å². The van der Waals surface area contributed by atoms with Crippen LogP contribution in [0.2, 0.25) is 0 Å². The maximum Gasteiger partial charge on any atom is 0.271 e. The number of nitriles is 1. The fourth-order valence-electron chi connectivity index (χ4n) is 2.32. The standard InChI is InChI=1S/C17H12N4O3S2/c18-6-10-1-2-11(24-10)7-20-17-21-13(9-25-17)16(22)19-8-12-5-14-15(26-12)3-4-23-14/h1-5,9H,7-8H2,(H,19,22)(H,20,21). The Kier molecular flexibility index (Phi) is 4.43. The maximum absolute atomic E-state index is 12.2. The van der Waals surface area contributed by atoms with E-state index in [2.05, 4.69) is 15.6 Å². The van der Waals surface area contributed by atoms with Crippen LogP contribution in [-0.2, 0) is 13.1 Å². The largest absolute Gasteiger partial charge is 0.463 e. The number of nitrogens with zero attached hydrogens (tertiary/aromatic N) is 2. The molecule has 2 N–H and O–H groups in total. The van der Waals surface area contributed by atoms with Crippen LogP contribution in [0.3, 0.4) is 0 Å². The minimum Gasteiger partial charge on any atom is -0.463 e. The van der Waals surface area contributed by atoms with E-state index in [0.717, 1.165) is 15.2 Å². The van der Waals surface area contributed by atoms with Crippen molar-refractivity contribution in [3.63, 3.8) is 0 Å². The molecule has 7 nitrogen and oxygen atoms in total. The highest BCUT2D eigenvalue weighted by molar-refractivity contribution is 7.19. The molecule has 1 amide bonds. The van der Waals surface area contributed by atoms with Gasteiger partial charge in [0, 0.05) is 10.3 Å². The Morgan fingerprint density at radius 1 is 1.31 bits per heavy atom. The summed E-state index contributed by atoms with van der Waals surface area (Å²) in [4.78, 5) is 17.5. The molecule has 4 aromatic rings. The smallest absolute Gasteiger partial charge is 0.271 e. The van der Waals surface area contributed by atoms with E-state index in [9.17, 15) is 4.79 Å². The van der Waals surface area contributed by atoms with Crippen LogP contribution < -0.4 is 10.6 Å². The number of hydrogen-bond donors (Lipinski definition) is 2. The summed E-state index contributed by atoms with van der Waals surface area (Å²) in [7, 11) is 0. The molecule has 0 aliphatic carbocycles. The van der Waals surface area contributed by atoms with Gasteiger partial charge in [0.2, 0.25) is 5.76 Å². The van der Waals surface area contributed by atoms with E-state index in [4.69, 9.17) is 14.1 Å². The molecule has 4 rings (SSSR count). The minimum atomic E-state index is -0.232. The number of anilines is 1. The second-order valence-corrected chi connectivity index (χ2v) is 7.34. The first-order valence-corrected chi connectivity index (χ1v) is 9.33. The van der Waals surface area contributed by atoms with E-state index in [-0.39, 0.29) is 11.7 Å². The first-order chi connectivity index (χ1) is 12.7. The summed E-state index contributed by atoms with van der Waals surface area (Å²) < 4.78 is 11.7. The fraction of sp³-hybridized carbons (Fsp3) is 0.118. The average molecular weight is 384 g/mol. The van der Waals surface area contributed by atoms with Crippen LogP contribution in [-0.4, -0.2) is 10.9 Å². The van der Waals surface area contributed by atoms with Crippen LogP contribution in [0.25, 0.3) is 10.3 Å². The summed E-state index contributed by atoms with van der Waals surface area (Å²) in [5.41, 5.74) is 1.19. The van der Waals surface area contributed by atoms with Gasteiger partial charge in [0.05, 0.1) is 24.1 Å². The predicted molar refractivity (Wildman–Crippen MR) is 98.1 cm³/mol. The number of furan rings is 2. The lowest BCUT2D eigenvalue weighted by atomic mass is 10.4. The van der Waals surface area contributed by atoms with Crippen LogP contribution in [0.5, 0.6) is 0 Å². The Labute approximate surface area is 155 Å². The molecule has 4 heterocycles. The van der Waals surface area contributed by atoms with Crippen molar-refractivity contribution in [2.45, 2.75) is 13.1 Å². The Hall–Kier alpha value is -3.09. The minimum absolute atomic E-state index is 0.232. The first-order valence-electron chi connectivity index (χ1n) is 7.63. The van der Waals surface area contributed by atoms with Crippen molar-refractivity contribution in [2.24, 2.45) is 0 Å². The van der Waals surface area contributed by atoms with E-state index in [1.807, 2.05) is 18.2 Å².